The summed E-state index contributed by atoms with van der Waals surface area (Å²) in [7, 11) is 1.22. The van der Waals surface area contributed by atoms with Gasteiger partial charge in [0.25, 0.3) is 0 Å². The zero-order valence-electron chi connectivity index (χ0n) is 11.8. The lowest BCUT2D eigenvalue weighted by Gasteiger charge is -2.34. The van der Waals surface area contributed by atoms with E-state index >= 15 is 0 Å². The third-order valence-corrected chi connectivity index (χ3v) is 3.07. The number of carbonyl (C=O) groups excluding carboxylic acids is 2. The third kappa shape index (κ3) is 3.83. The normalized spacial score (nSPS) is 20.4. The van der Waals surface area contributed by atoms with Crippen molar-refractivity contribution in [3.05, 3.63) is 0 Å². The Morgan fingerprint density at radius 3 is 2.55 bits per heavy atom. The van der Waals surface area contributed by atoms with Crippen LogP contribution in [0.3, 0.4) is 0 Å². The first-order valence-corrected chi connectivity index (χ1v) is 6.34. The summed E-state index contributed by atoms with van der Waals surface area (Å²) in [6.07, 6.45) is 0. The molecule has 8 nitrogen and oxygen atoms in total. The molecule has 0 aromatic heterocycles. The number of hydrogen-bond acceptors (Lipinski definition) is 5. The first-order chi connectivity index (χ1) is 9.38. The van der Waals surface area contributed by atoms with E-state index in [1.165, 1.54) is 12.0 Å². The summed E-state index contributed by atoms with van der Waals surface area (Å²) >= 11 is 0. The molecule has 20 heavy (non-hydrogen) atoms. The topological polar surface area (TPSA) is 105 Å². The molecule has 1 saturated heterocycles. The van der Waals surface area contributed by atoms with Crippen LogP contribution in [0.1, 0.15) is 13.8 Å². The monoisotopic (exact) mass is 288 g/mol. The third-order valence-electron chi connectivity index (χ3n) is 3.07. The average Bonchev–Trinajstić information content (AvgIpc) is 2.42. The Labute approximate surface area is 117 Å². The molecule has 0 spiro atoms. The van der Waals surface area contributed by atoms with Crippen LogP contribution in [0.2, 0.25) is 0 Å². The molecule has 1 heterocycles. The van der Waals surface area contributed by atoms with Gasteiger partial charge < -0.3 is 24.8 Å². The van der Waals surface area contributed by atoms with Gasteiger partial charge in [-0.3, -0.25) is 0 Å². The Morgan fingerprint density at radius 2 is 2.05 bits per heavy atom. The molecular weight excluding hydrogens is 268 g/mol. The van der Waals surface area contributed by atoms with E-state index in [2.05, 4.69) is 10.1 Å². The molecule has 1 fully saturated rings. The van der Waals surface area contributed by atoms with Crippen molar-refractivity contribution < 1.29 is 29.0 Å². The van der Waals surface area contributed by atoms with Gasteiger partial charge in [0, 0.05) is 6.54 Å². The molecular formula is C12H20N2O6. The van der Waals surface area contributed by atoms with Crippen molar-refractivity contribution in [1.29, 1.82) is 0 Å². The lowest BCUT2D eigenvalue weighted by molar-refractivity contribution is -0.151. The molecule has 1 aliphatic rings. The standard InChI is InChI=1S/C12H20N2O6/c1-7(2)9(10(15)16)13-12(18)14-4-5-20-6-8(14)11(17)19-3/h7-9H,4-6H2,1-3H3,(H,13,18)(H,15,16)/t8?,9-/m0/s1. The van der Waals surface area contributed by atoms with Gasteiger partial charge in [0.05, 0.1) is 20.3 Å². The second-order valence-electron chi connectivity index (χ2n) is 4.82. The van der Waals surface area contributed by atoms with Gasteiger partial charge in [0.15, 0.2) is 6.04 Å². The van der Waals surface area contributed by atoms with Gasteiger partial charge in [-0.25, -0.2) is 14.4 Å². The Bertz CT molecular complexity index is 384. The van der Waals surface area contributed by atoms with Gasteiger partial charge in [-0.15, -0.1) is 0 Å². The smallest absolute Gasteiger partial charge is 0.331 e. The largest absolute Gasteiger partial charge is 0.480 e. The molecule has 8 heteroatoms. The molecule has 0 aliphatic carbocycles. The minimum Gasteiger partial charge on any atom is -0.480 e. The van der Waals surface area contributed by atoms with Crippen molar-refractivity contribution in [2.45, 2.75) is 25.9 Å². The number of methoxy groups -OCH3 is 1. The lowest BCUT2D eigenvalue weighted by Crippen LogP contribution is -2.58. The number of nitrogens with one attached hydrogen (secondary N) is 1. The van der Waals surface area contributed by atoms with E-state index in [4.69, 9.17) is 9.84 Å². The SMILES string of the molecule is COC(=O)C1COCCN1C(=O)N[C@H](C(=O)O)C(C)C. The first-order valence-electron chi connectivity index (χ1n) is 6.34. The van der Waals surface area contributed by atoms with E-state index in [0.29, 0.717) is 6.61 Å². The van der Waals surface area contributed by atoms with E-state index in [9.17, 15) is 14.4 Å². The highest BCUT2D eigenvalue weighted by atomic mass is 16.5. The number of urea groups is 1. The van der Waals surface area contributed by atoms with E-state index in [0.717, 1.165) is 0 Å². The number of aliphatic carboxylic acids is 1. The molecule has 0 saturated carbocycles. The molecule has 1 rings (SSSR count). The number of esters is 1. The fourth-order valence-electron chi connectivity index (χ4n) is 1.91. The van der Waals surface area contributed by atoms with Crippen LogP contribution in [0.4, 0.5) is 4.79 Å². The zero-order valence-corrected chi connectivity index (χ0v) is 11.8. The fourth-order valence-corrected chi connectivity index (χ4v) is 1.91. The summed E-state index contributed by atoms with van der Waals surface area (Å²) in [5.41, 5.74) is 0. The van der Waals surface area contributed by atoms with Crippen molar-refractivity contribution >= 4 is 18.0 Å². The van der Waals surface area contributed by atoms with Crippen LogP contribution < -0.4 is 5.32 Å². The number of nitrogens with zero attached hydrogens (tertiary/aromatic N) is 1. The predicted molar refractivity (Wildman–Crippen MR) is 68.1 cm³/mol. The minimum absolute atomic E-state index is 0.0412. The molecule has 0 aromatic rings. The van der Waals surface area contributed by atoms with Crippen LogP contribution >= 0.6 is 0 Å². The van der Waals surface area contributed by atoms with Crippen molar-refractivity contribution in [1.82, 2.24) is 10.2 Å². The van der Waals surface area contributed by atoms with Crippen LogP contribution in [0, 0.1) is 5.92 Å². The van der Waals surface area contributed by atoms with Gasteiger partial charge in [-0.2, -0.15) is 0 Å². The maximum absolute atomic E-state index is 12.1. The van der Waals surface area contributed by atoms with E-state index in [1.807, 2.05) is 0 Å². The quantitative estimate of drug-likeness (QED) is 0.687. The average molecular weight is 288 g/mol. The summed E-state index contributed by atoms with van der Waals surface area (Å²) in [6.45, 7) is 3.92. The summed E-state index contributed by atoms with van der Waals surface area (Å²) in [6, 6.07) is -2.47. The van der Waals surface area contributed by atoms with Crippen LogP contribution in [-0.4, -0.2) is 66.9 Å². The molecule has 2 N–H and O–H groups in total. The van der Waals surface area contributed by atoms with Crippen molar-refractivity contribution in [3.8, 4) is 0 Å². The molecule has 0 radical (unpaired) electrons. The van der Waals surface area contributed by atoms with Gasteiger partial charge in [0.1, 0.15) is 6.04 Å². The number of carboxylic acids is 1. The van der Waals surface area contributed by atoms with Crippen LogP contribution in [0.15, 0.2) is 0 Å². The highest BCUT2D eigenvalue weighted by molar-refractivity contribution is 5.87. The second kappa shape index (κ2) is 7.09. The van der Waals surface area contributed by atoms with E-state index < -0.39 is 30.1 Å². The van der Waals surface area contributed by atoms with Gasteiger partial charge >= 0.3 is 18.0 Å². The summed E-state index contributed by atoms with van der Waals surface area (Å²) in [5, 5.41) is 11.5. The van der Waals surface area contributed by atoms with E-state index in [1.54, 1.807) is 13.8 Å². The highest BCUT2D eigenvalue weighted by Crippen LogP contribution is 2.10. The van der Waals surface area contributed by atoms with Crippen LogP contribution in [-0.2, 0) is 19.1 Å². The number of morpholine rings is 1. The number of amides is 2. The lowest BCUT2D eigenvalue weighted by atomic mass is 10.1. The second-order valence-corrected chi connectivity index (χ2v) is 4.82. The molecule has 2 atom stereocenters. The van der Waals surface area contributed by atoms with Crippen LogP contribution in [0.25, 0.3) is 0 Å². The Balaban J connectivity index is 2.77. The Morgan fingerprint density at radius 1 is 1.40 bits per heavy atom. The summed E-state index contributed by atoms with van der Waals surface area (Å²) in [4.78, 5) is 36.1. The fraction of sp³-hybridized carbons (Fsp3) is 0.750. The zero-order chi connectivity index (χ0) is 15.3. The molecule has 0 aromatic carbocycles. The summed E-state index contributed by atoms with van der Waals surface area (Å²) in [5.74, 6) is -1.97. The number of ether oxygens (including phenoxy) is 2. The molecule has 114 valence electrons. The van der Waals surface area contributed by atoms with Gasteiger partial charge in [-0.1, -0.05) is 13.8 Å². The number of hydrogen-bond donors (Lipinski definition) is 2. The van der Waals surface area contributed by atoms with Crippen molar-refractivity contribution in [2.24, 2.45) is 5.92 Å². The maximum atomic E-state index is 12.1. The molecule has 0 bridgehead atoms. The molecule has 1 unspecified atom stereocenters. The van der Waals surface area contributed by atoms with Crippen LogP contribution in [0.5, 0.6) is 0 Å². The maximum Gasteiger partial charge on any atom is 0.331 e. The minimum atomic E-state index is -1.11. The molecule has 1 aliphatic heterocycles. The van der Waals surface area contributed by atoms with Crippen molar-refractivity contribution in [3.63, 3.8) is 0 Å². The summed E-state index contributed by atoms with van der Waals surface area (Å²) < 4.78 is 9.76. The highest BCUT2D eigenvalue weighted by Gasteiger charge is 2.35. The Hall–Kier alpha value is -1.83. The predicted octanol–water partition coefficient (Wildman–Crippen LogP) is -0.321. The number of carboxylic acid groups (broad SMARTS) is 1. The van der Waals surface area contributed by atoms with Crippen molar-refractivity contribution in [2.75, 3.05) is 26.9 Å². The number of carbonyl (C=O) groups is 3. The van der Waals surface area contributed by atoms with Gasteiger partial charge in [-0.05, 0) is 5.92 Å². The molecule has 2 amide bonds. The first kappa shape index (κ1) is 16.2. The number of rotatable bonds is 4. The van der Waals surface area contributed by atoms with E-state index in [-0.39, 0.29) is 19.1 Å². The Kier molecular flexibility index (Phi) is 5.75. The van der Waals surface area contributed by atoms with Gasteiger partial charge in [0.2, 0.25) is 0 Å².